The summed E-state index contributed by atoms with van der Waals surface area (Å²) in [4.78, 5) is 0. The number of benzene rings is 3. The molecule has 8 heteroatoms. The Labute approximate surface area is 343 Å². The van der Waals surface area contributed by atoms with Crippen LogP contribution in [0.5, 0.6) is 0 Å². The molecule has 0 unspecified atom stereocenters. The van der Waals surface area contributed by atoms with Crippen LogP contribution in [0.1, 0.15) is 203 Å². The molecule has 0 aliphatic heterocycles. The molecule has 0 atom stereocenters. The van der Waals surface area contributed by atoms with Crippen molar-refractivity contribution < 1.29 is 8.78 Å². The van der Waals surface area contributed by atoms with Crippen LogP contribution >= 0.6 is 23.5 Å². The van der Waals surface area contributed by atoms with Gasteiger partial charge < -0.3 is 0 Å². The minimum Gasteiger partial charge on any atom is -0.206 e. The number of hydrogen-bond donors (Lipinski definition) is 0. The Morgan fingerprint density at radius 3 is 1.43 bits per heavy atom. The molecule has 302 valence electrons. The predicted octanol–water partition coefficient (Wildman–Crippen LogP) is 16.0. The molecule has 56 heavy (non-hydrogen) atoms. The lowest BCUT2D eigenvalue weighted by molar-refractivity contribution is 0.383. The first-order valence-electron chi connectivity index (χ1n) is 22.7. The third kappa shape index (κ3) is 8.77. The summed E-state index contributed by atoms with van der Waals surface area (Å²) in [6.07, 6.45) is 32.6. The van der Waals surface area contributed by atoms with Gasteiger partial charge in [-0.3, -0.25) is 0 Å². The Morgan fingerprint density at radius 1 is 0.482 bits per heavy atom. The van der Waals surface area contributed by atoms with Gasteiger partial charge in [0.2, 0.25) is 0 Å². The first-order chi connectivity index (χ1) is 27.6. The summed E-state index contributed by atoms with van der Waals surface area (Å²) in [6, 6.07) is 8.14. The van der Waals surface area contributed by atoms with E-state index in [2.05, 4.69) is 33.0 Å². The van der Waals surface area contributed by atoms with E-state index in [4.69, 9.17) is 4.37 Å². The zero-order valence-corrected chi connectivity index (χ0v) is 35.9. The largest absolute Gasteiger partial charge is 0.206 e. The highest BCUT2D eigenvalue weighted by Crippen LogP contribution is 2.60. The molecule has 4 nitrogen and oxygen atoms in total. The summed E-state index contributed by atoms with van der Waals surface area (Å²) in [6.45, 7) is 4.56. The molecule has 0 saturated heterocycles. The van der Waals surface area contributed by atoms with Crippen molar-refractivity contribution >= 4 is 45.5 Å². The Kier molecular flexibility index (Phi) is 14.9. The SMILES string of the molecule is CCCCCCCCCCCCCCC1(CCCCCCCCCCCCCC)c2ccc3nsnc3c2-c2c(F)c3c(c(F)c21)-c1c(ccc2nsnc12)C3. The molecule has 0 fully saturated rings. The van der Waals surface area contributed by atoms with Gasteiger partial charge in [-0.05, 0) is 36.1 Å². The lowest BCUT2D eigenvalue weighted by atomic mass is 9.69. The molecule has 0 bridgehead atoms. The lowest BCUT2D eigenvalue weighted by Crippen LogP contribution is -2.27. The zero-order valence-electron chi connectivity index (χ0n) is 34.3. The monoisotopic (exact) mass is 798 g/mol. The maximum Gasteiger partial charge on any atom is 0.136 e. The third-order valence-electron chi connectivity index (χ3n) is 13.2. The van der Waals surface area contributed by atoms with Crippen LogP contribution in [0.25, 0.3) is 44.3 Å². The first-order valence-corrected chi connectivity index (χ1v) is 24.1. The van der Waals surface area contributed by atoms with Crippen molar-refractivity contribution in [2.75, 3.05) is 0 Å². The Hall–Kier alpha value is -2.84. The van der Waals surface area contributed by atoms with Gasteiger partial charge in [0.1, 0.15) is 33.7 Å². The molecule has 0 saturated carbocycles. The molecule has 0 spiro atoms. The minimum absolute atomic E-state index is 0.249. The van der Waals surface area contributed by atoms with Crippen LogP contribution in [0.4, 0.5) is 8.78 Å². The molecular weight excluding hydrogens is 735 g/mol. The van der Waals surface area contributed by atoms with Crippen molar-refractivity contribution in [3.05, 3.63) is 58.2 Å². The smallest absolute Gasteiger partial charge is 0.136 e. The van der Waals surface area contributed by atoms with Crippen molar-refractivity contribution in [3.63, 3.8) is 0 Å². The molecule has 3 aromatic carbocycles. The molecule has 0 radical (unpaired) electrons. The normalized spacial score (nSPS) is 13.9. The van der Waals surface area contributed by atoms with Crippen LogP contribution in [0.2, 0.25) is 0 Å². The van der Waals surface area contributed by atoms with E-state index in [1.165, 1.54) is 140 Å². The minimum atomic E-state index is -0.615. The quantitative estimate of drug-likeness (QED) is 0.0513. The average Bonchev–Trinajstić information content (AvgIpc) is 4.01. The van der Waals surface area contributed by atoms with Gasteiger partial charge in [-0.25, -0.2) is 8.78 Å². The van der Waals surface area contributed by atoms with Crippen LogP contribution in [-0.2, 0) is 11.8 Å². The summed E-state index contributed by atoms with van der Waals surface area (Å²) in [7, 11) is 0. The first kappa shape index (κ1) is 41.3. The molecule has 2 aromatic heterocycles. The fraction of sp³-hybridized carbons (Fsp3) is 0.625. The summed E-state index contributed by atoms with van der Waals surface area (Å²) in [5, 5.41) is 0. The highest BCUT2D eigenvalue weighted by molar-refractivity contribution is 7.00. The van der Waals surface area contributed by atoms with Crippen molar-refractivity contribution in [2.45, 2.75) is 193 Å². The van der Waals surface area contributed by atoms with Gasteiger partial charge in [0.25, 0.3) is 0 Å². The van der Waals surface area contributed by atoms with Crippen LogP contribution in [0.3, 0.4) is 0 Å². The number of rotatable bonds is 26. The fourth-order valence-electron chi connectivity index (χ4n) is 10.2. The molecule has 0 N–H and O–H groups in total. The topological polar surface area (TPSA) is 51.6 Å². The number of fused-ring (bicyclic) bond motifs is 10. The van der Waals surface area contributed by atoms with E-state index < -0.39 is 5.41 Å². The van der Waals surface area contributed by atoms with Gasteiger partial charge in [0.05, 0.1) is 23.5 Å². The lowest BCUT2D eigenvalue weighted by Gasteiger charge is -2.33. The van der Waals surface area contributed by atoms with E-state index in [1.54, 1.807) is 0 Å². The molecular formula is C48H64F2N4S2. The van der Waals surface area contributed by atoms with Crippen LogP contribution in [0, 0.1) is 11.6 Å². The molecule has 2 aliphatic carbocycles. The van der Waals surface area contributed by atoms with Gasteiger partial charge in [-0.2, -0.15) is 17.5 Å². The van der Waals surface area contributed by atoms with E-state index >= 15 is 8.78 Å². The maximum atomic E-state index is 18.0. The number of unbranched alkanes of at least 4 members (excludes halogenated alkanes) is 22. The van der Waals surface area contributed by atoms with Crippen molar-refractivity contribution in [1.29, 1.82) is 0 Å². The van der Waals surface area contributed by atoms with Crippen LogP contribution in [0.15, 0.2) is 24.3 Å². The van der Waals surface area contributed by atoms with Crippen LogP contribution in [-0.4, -0.2) is 17.5 Å². The van der Waals surface area contributed by atoms with E-state index in [9.17, 15) is 0 Å². The van der Waals surface area contributed by atoms with Gasteiger partial charge in [-0.1, -0.05) is 180 Å². The van der Waals surface area contributed by atoms with Gasteiger partial charge in [0, 0.05) is 45.2 Å². The molecule has 5 aromatic rings. The summed E-state index contributed by atoms with van der Waals surface area (Å²) < 4.78 is 53.9. The highest BCUT2D eigenvalue weighted by Gasteiger charge is 2.49. The van der Waals surface area contributed by atoms with Crippen LogP contribution < -0.4 is 0 Å². The second-order valence-electron chi connectivity index (χ2n) is 17.1. The third-order valence-corrected chi connectivity index (χ3v) is 14.3. The number of nitrogens with zero attached hydrogens (tertiary/aromatic N) is 4. The Bertz CT molecular complexity index is 2010. The number of aromatic nitrogens is 4. The van der Waals surface area contributed by atoms with E-state index in [-0.39, 0.29) is 11.6 Å². The van der Waals surface area contributed by atoms with Crippen molar-refractivity contribution in [2.24, 2.45) is 0 Å². The average molecular weight is 799 g/mol. The second-order valence-corrected chi connectivity index (χ2v) is 18.2. The van der Waals surface area contributed by atoms with Crippen molar-refractivity contribution in [1.82, 2.24) is 17.5 Å². The van der Waals surface area contributed by atoms with Gasteiger partial charge in [-0.15, -0.1) is 0 Å². The van der Waals surface area contributed by atoms with E-state index in [1.807, 2.05) is 18.2 Å². The van der Waals surface area contributed by atoms with E-state index in [0.717, 1.165) is 89.1 Å². The predicted molar refractivity (Wildman–Crippen MR) is 234 cm³/mol. The molecule has 7 rings (SSSR count). The summed E-state index contributed by atoms with van der Waals surface area (Å²) >= 11 is 2.31. The Morgan fingerprint density at radius 2 is 0.929 bits per heavy atom. The highest BCUT2D eigenvalue weighted by atomic mass is 32.1. The maximum absolute atomic E-state index is 18.0. The second kappa shape index (κ2) is 20.2. The number of halogens is 2. The number of hydrogen-bond acceptors (Lipinski definition) is 6. The molecule has 2 heterocycles. The Balaban J connectivity index is 1.13. The van der Waals surface area contributed by atoms with Gasteiger partial charge >= 0.3 is 0 Å². The standard InChI is InChI=1S/C48H64F2N4S2/c1-3-5-7-9-11-13-15-17-19-21-23-25-31-48(32-26-24-22-20-18-16-14-12-10-8-6-4-2)36-28-30-38-47(54-56-52-38)41(36)42-43(48)45(50)40-35(44(42)49)33-34-27-29-37-46(39(34)40)53-55-51-37/h27-30H,3-26,31-33H2,1-2H3. The molecule has 0 amide bonds. The fourth-order valence-corrected chi connectivity index (χ4v) is 11.3. The van der Waals surface area contributed by atoms with Gasteiger partial charge in [0.15, 0.2) is 0 Å². The summed E-state index contributed by atoms with van der Waals surface area (Å²) in [5.74, 6) is -0.530. The molecule has 2 aliphatic rings. The summed E-state index contributed by atoms with van der Waals surface area (Å²) in [5.41, 5.74) is 7.75. The zero-order chi connectivity index (χ0) is 38.7. The van der Waals surface area contributed by atoms with Crippen molar-refractivity contribution in [3.8, 4) is 22.3 Å². The van der Waals surface area contributed by atoms with E-state index in [0.29, 0.717) is 34.2 Å².